The molecule has 15 heavy (non-hydrogen) atoms. The van der Waals surface area contributed by atoms with Gasteiger partial charge in [-0.3, -0.25) is 4.79 Å². The van der Waals surface area contributed by atoms with Gasteiger partial charge in [-0.1, -0.05) is 31.4 Å². The normalized spacial score (nSPS) is 10.8. The fraction of sp³-hybridized carbons (Fsp3) is 0.750. The van der Waals surface area contributed by atoms with E-state index in [1.807, 2.05) is 6.08 Å². The van der Waals surface area contributed by atoms with Gasteiger partial charge in [0.2, 0.25) is 0 Å². The lowest BCUT2D eigenvalue weighted by atomic mass is 10.1. The number of unbranched alkanes of at least 4 members (excludes halogenated alkanes) is 5. The number of ether oxygens (including phenoxy) is 1. The maximum atomic E-state index is 10.8. The van der Waals surface area contributed by atoms with Crippen LogP contribution >= 0.6 is 0 Å². The highest BCUT2D eigenvalue weighted by Gasteiger charge is 1.98. The molecule has 0 heterocycles. The van der Waals surface area contributed by atoms with E-state index < -0.39 is 0 Å². The maximum Gasteiger partial charge on any atom is 0.305 e. The van der Waals surface area contributed by atoms with Crippen molar-refractivity contribution in [2.75, 3.05) is 13.7 Å². The molecular weight excluding hydrogens is 192 g/mol. The summed E-state index contributed by atoms with van der Waals surface area (Å²) in [5.41, 5.74) is 0. The Morgan fingerprint density at radius 1 is 1.13 bits per heavy atom. The summed E-state index contributed by atoms with van der Waals surface area (Å²) in [7, 11) is 1.43. The van der Waals surface area contributed by atoms with E-state index in [-0.39, 0.29) is 12.6 Å². The highest BCUT2D eigenvalue weighted by atomic mass is 16.5. The Bertz CT molecular complexity index is 176. The van der Waals surface area contributed by atoms with Gasteiger partial charge in [-0.2, -0.15) is 0 Å². The van der Waals surface area contributed by atoms with Gasteiger partial charge >= 0.3 is 5.97 Å². The second-order valence-corrected chi connectivity index (χ2v) is 3.54. The molecule has 0 amide bonds. The molecule has 0 spiro atoms. The van der Waals surface area contributed by atoms with E-state index in [2.05, 4.69) is 4.74 Å². The molecule has 0 aromatic carbocycles. The van der Waals surface area contributed by atoms with Crippen molar-refractivity contribution in [2.24, 2.45) is 0 Å². The molecule has 0 aromatic rings. The SMILES string of the molecule is COC(=O)CCCCCCC/C=C\CO. The van der Waals surface area contributed by atoms with Gasteiger partial charge in [-0.15, -0.1) is 0 Å². The van der Waals surface area contributed by atoms with Gasteiger partial charge in [0.15, 0.2) is 0 Å². The highest BCUT2D eigenvalue weighted by Crippen LogP contribution is 2.07. The number of aliphatic hydroxyl groups excluding tert-OH is 1. The monoisotopic (exact) mass is 214 g/mol. The van der Waals surface area contributed by atoms with E-state index in [1.165, 1.54) is 20.0 Å². The average Bonchev–Trinajstić information content (AvgIpc) is 2.26. The molecule has 0 saturated heterocycles. The van der Waals surface area contributed by atoms with Crippen LogP contribution in [0.1, 0.15) is 44.9 Å². The third-order valence-corrected chi connectivity index (χ3v) is 2.25. The molecule has 0 aliphatic rings. The minimum absolute atomic E-state index is 0.110. The van der Waals surface area contributed by atoms with Gasteiger partial charge in [0.25, 0.3) is 0 Å². The molecule has 3 heteroatoms. The fourth-order valence-corrected chi connectivity index (χ4v) is 1.36. The molecule has 1 N–H and O–H groups in total. The first-order valence-electron chi connectivity index (χ1n) is 5.64. The molecule has 0 bridgehead atoms. The molecule has 0 rings (SSSR count). The lowest BCUT2D eigenvalue weighted by molar-refractivity contribution is -0.140. The third-order valence-electron chi connectivity index (χ3n) is 2.25. The lowest BCUT2D eigenvalue weighted by Gasteiger charge is -1.99. The predicted molar refractivity (Wildman–Crippen MR) is 60.6 cm³/mol. The van der Waals surface area contributed by atoms with Crippen molar-refractivity contribution < 1.29 is 14.6 Å². The summed E-state index contributed by atoms with van der Waals surface area (Å²) >= 11 is 0. The van der Waals surface area contributed by atoms with Crippen LogP contribution in [0.5, 0.6) is 0 Å². The highest BCUT2D eigenvalue weighted by molar-refractivity contribution is 5.68. The number of hydrogen-bond acceptors (Lipinski definition) is 3. The van der Waals surface area contributed by atoms with Crippen LogP contribution in [0, 0.1) is 0 Å². The smallest absolute Gasteiger partial charge is 0.305 e. The van der Waals surface area contributed by atoms with E-state index in [0.29, 0.717) is 6.42 Å². The van der Waals surface area contributed by atoms with Crippen molar-refractivity contribution in [3.8, 4) is 0 Å². The predicted octanol–water partition coefficient (Wildman–Crippen LogP) is 2.44. The Hall–Kier alpha value is -0.830. The second-order valence-electron chi connectivity index (χ2n) is 3.54. The summed E-state index contributed by atoms with van der Waals surface area (Å²) in [4.78, 5) is 10.8. The Morgan fingerprint density at radius 2 is 1.80 bits per heavy atom. The van der Waals surface area contributed by atoms with Gasteiger partial charge in [-0.25, -0.2) is 0 Å². The molecule has 0 atom stereocenters. The molecule has 0 aliphatic carbocycles. The van der Waals surface area contributed by atoms with Crippen LogP contribution in [0.25, 0.3) is 0 Å². The van der Waals surface area contributed by atoms with Crippen LogP contribution in [-0.2, 0) is 9.53 Å². The number of aliphatic hydroxyl groups is 1. The van der Waals surface area contributed by atoms with E-state index >= 15 is 0 Å². The molecule has 0 aromatic heterocycles. The van der Waals surface area contributed by atoms with Crippen molar-refractivity contribution >= 4 is 5.97 Å². The molecule has 0 radical (unpaired) electrons. The second kappa shape index (κ2) is 11.2. The number of hydrogen-bond donors (Lipinski definition) is 1. The standard InChI is InChI=1S/C12H22O3/c1-15-12(14)10-8-6-4-2-3-5-7-9-11-13/h7,9,13H,2-6,8,10-11H2,1H3/b9-7-. The zero-order valence-electron chi connectivity index (χ0n) is 9.58. The van der Waals surface area contributed by atoms with Crippen LogP contribution in [0.15, 0.2) is 12.2 Å². The zero-order chi connectivity index (χ0) is 11.4. The van der Waals surface area contributed by atoms with Gasteiger partial charge in [0.1, 0.15) is 0 Å². The molecule has 3 nitrogen and oxygen atoms in total. The number of rotatable bonds is 9. The van der Waals surface area contributed by atoms with Crippen LogP contribution in [0.2, 0.25) is 0 Å². The summed E-state index contributed by atoms with van der Waals surface area (Å²) in [6.07, 6.45) is 10.9. The third kappa shape index (κ3) is 11.1. The Labute approximate surface area is 92.1 Å². The largest absolute Gasteiger partial charge is 0.469 e. The van der Waals surface area contributed by atoms with Crippen molar-refractivity contribution in [1.82, 2.24) is 0 Å². The summed E-state index contributed by atoms with van der Waals surface area (Å²) in [6.45, 7) is 0.138. The molecule has 0 unspecified atom stereocenters. The average molecular weight is 214 g/mol. The van der Waals surface area contributed by atoms with Crippen LogP contribution < -0.4 is 0 Å². The Balaban J connectivity index is 3.05. The first-order chi connectivity index (χ1) is 7.31. The Kier molecular flexibility index (Phi) is 10.6. The van der Waals surface area contributed by atoms with E-state index in [4.69, 9.17) is 5.11 Å². The van der Waals surface area contributed by atoms with Crippen molar-refractivity contribution in [3.05, 3.63) is 12.2 Å². The summed E-state index contributed by atoms with van der Waals surface area (Å²) in [5, 5.41) is 8.48. The first kappa shape index (κ1) is 14.2. The lowest BCUT2D eigenvalue weighted by Crippen LogP contribution is -1.99. The molecule has 0 fully saturated rings. The maximum absolute atomic E-state index is 10.8. The van der Waals surface area contributed by atoms with Crippen molar-refractivity contribution in [3.63, 3.8) is 0 Å². The summed E-state index contributed by atoms with van der Waals surface area (Å²) in [6, 6.07) is 0. The minimum Gasteiger partial charge on any atom is -0.469 e. The fourth-order valence-electron chi connectivity index (χ4n) is 1.36. The Morgan fingerprint density at radius 3 is 2.47 bits per heavy atom. The first-order valence-corrected chi connectivity index (χ1v) is 5.64. The quantitative estimate of drug-likeness (QED) is 0.364. The van der Waals surface area contributed by atoms with E-state index in [0.717, 1.165) is 25.7 Å². The van der Waals surface area contributed by atoms with Crippen LogP contribution in [-0.4, -0.2) is 24.8 Å². The van der Waals surface area contributed by atoms with E-state index in [1.54, 1.807) is 6.08 Å². The number of allylic oxidation sites excluding steroid dienone is 1. The number of carbonyl (C=O) groups is 1. The number of carbonyl (C=O) groups excluding carboxylic acids is 1. The van der Waals surface area contributed by atoms with Gasteiger partial charge < -0.3 is 9.84 Å². The minimum atomic E-state index is -0.110. The van der Waals surface area contributed by atoms with Crippen molar-refractivity contribution in [2.45, 2.75) is 44.9 Å². The van der Waals surface area contributed by atoms with Crippen molar-refractivity contribution in [1.29, 1.82) is 0 Å². The molecular formula is C12H22O3. The molecule has 0 saturated carbocycles. The van der Waals surface area contributed by atoms with Crippen LogP contribution in [0.3, 0.4) is 0 Å². The number of methoxy groups -OCH3 is 1. The molecule has 0 aliphatic heterocycles. The summed E-state index contributed by atoms with van der Waals surface area (Å²) < 4.78 is 4.55. The van der Waals surface area contributed by atoms with Gasteiger partial charge in [0.05, 0.1) is 13.7 Å². The number of esters is 1. The zero-order valence-corrected chi connectivity index (χ0v) is 9.58. The molecule has 88 valence electrons. The van der Waals surface area contributed by atoms with Gasteiger partial charge in [0, 0.05) is 6.42 Å². The van der Waals surface area contributed by atoms with Crippen LogP contribution in [0.4, 0.5) is 0 Å². The van der Waals surface area contributed by atoms with Gasteiger partial charge in [-0.05, 0) is 19.3 Å². The summed E-state index contributed by atoms with van der Waals surface area (Å²) in [5.74, 6) is -0.110. The topological polar surface area (TPSA) is 46.5 Å². The van der Waals surface area contributed by atoms with E-state index in [9.17, 15) is 4.79 Å².